The molecular formula is C14H11N3O6. The first-order chi connectivity index (χ1) is 11.0. The van der Waals surface area contributed by atoms with Gasteiger partial charge in [-0.05, 0) is 18.2 Å². The van der Waals surface area contributed by atoms with E-state index in [0.29, 0.717) is 11.5 Å². The van der Waals surface area contributed by atoms with Crippen molar-refractivity contribution in [1.29, 1.82) is 0 Å². The highest BCUT2D eigenvalue weighted by atomic mass is 16.7. The predicted octanol–water partition coefficient (Wildman–Crippen LogP) is 2.25. The SMILES string of the molecule is NC(=O)N(c1ccc([N+](=O)[O-])cc1O)c1cccc2c1OCO2. The van der Waals surface area contributed by atoms with Crippen molar-refractivity contribution in [3.8, 4) is 17.2 Å². The molecule has 2 aromatic carbocycles. The summed E-state index contributed by atoms with van der Waals surface area (Å²) in [7, 11) is 0. The van der Waals surface area contributed by atoms with Gasteiger partial charge in [0.2, 0.25) is 6.79 Å². The highest BCUT2D eigenvalue weighted by Crippen LogP contribution is 2.45. The maximum Gasteiger partial charge on any atom is 0.324 e. The molecule has 1 aliphatic heterocycles. The van der Waals surface area contributed by atoms with E-state index in [-0.39, 0.29) is 23.9 Å². The number of nitro groups is 1. The standard InChI is InChI=1S/C14H11N3O6/c15-14(19)16(9-5-4-8(17(20)21)6-11(9)18)10-2-1-3-12-13(10)23-7-22-12/h1-6,18H,7H2,(H2,15,19). The minimum atomic E-state index is -0.891. The van der Waals surface area contributed by atoms with E-state index in [1.165, 1.54) is 6.07 Å². The summed E-state index contributed by atoms with van der Waals surface area (Å²) in [5.74, 6) is 0.258. The van der Waals surface area contributed by atoms with Crippen molar-refractivity contribution >= 4 is 23.1 Å². The van der Waals surface area contributed by atoms with E-state index < -0.39 is 16.7 Å². The molecule has 9 nitrogen and oxygen atoms in total. The van der Waals surface area contributed by atoms with Crippen LogP contribution >= 0.6 is 0 Å². The summed E-state index contributed by atoms with van der Waals surface area (Å²) in [5, 5.41) is 20.8. The first kappa shape index (κ1) is 14.4. The number of benzene rings is 2. The summed E-state index contributed by atoms with van der Waals surface area (Å²) in [6.45, 7) is -0.00874. The van der Waals surface area contributed by atoms with Gasteiger partial charge in [-0.1, -0.05) is 6.07 Å². The van der Waals surface area contributed by atoms with Crippen LogP contribution in [-0.2, 0) is 0 Å². The van der Waals surface area contributed by atoms with Crippen LogP contribution in [0.3, 0.4) is 0 Å². The van der Waals surface area contributed by atoms with Crippen LogP contribution < -0.4 is 20.1 Å². The van der Waals surface area contributed by atoms with Crippen molar-refractivity contribution < 1.29 is 24.3 Å². The summed E-state index contributed by atoms with van der Waals surface area (Å²) in [4.78, 5) is 23.0. The van der Waals surface area contributed by atoms with E-state index in [1.54, 1.807) is 18.2 Å². The molecule has 0 saturated carbocycles. The van der Waals surface area contributed by atoms with E-state index in [9.17, 15) is 20.0 Å². The lowest BCUT2D eigenvalue weighted by Gasteiger charge is -2.22. The zero-order valence-corrected chi connectivity index (χ0v) is 11.6. The zero-order valence-electron chi connectivity index (χ0n) is 11.6. The van der Waals surface area contributed by atoms with Crippen LogP contribution in [0.2, 0.25) is 0 Å². The number of nitrogens with two attached hydrogens (primary N) is 1. The minimum absolute atomic E-state index is 0.00741. The number of nitro benzene ring substituents is 1. The van der Waals surface area contributed by atoms with E-state index in [0.717, 1.165) is 17.0 Å². The monoisotopic (exact) mass is 317 g/mol. The van der Waals surface area contributed by atoms with Gasteiger partial charge in [0, 0.05) is 6.07 Å². The van der Waals surface area contributed by atoms with Gasteiger partial charge in [0.15, 0.2) is 11.5 Å². The molecule has 0 aromatic heterocycles. The summed E-state index contributed by atoms with van der Waals surface area (Å²) in [6, 6.07) is 7.27. The molecule has 0 unspecified atom stereocenters. The Morgan fingerprint density at radius 2 is 2.04 bits per heavy atom. The summed E-state index contributed by atoms with van der Waals surface area (Å²) >= 11 is 0. The molecule has 0 saturated heterocycles. The van der Waals surface area contributed by atoms with Crippen molar-refractivity contribution in [2.45, 2.75) is 0 Å². The molecule has 0 atom stereocenters. The predicted molar refractivity (Wildman–Crippen MR) is 79.0 cm³/mol. The molecule has 0 spiro atoms. The van der Waals surface area contributed by atoms with Crippen LogP contribution in [0.4, 0.5) is 21.9 Å². The molecule has 0 fully saturated rings. The number of ether oxygens (including phenoxy) is 2. The summed E-state index contributed by atoms with van der Waals surface area (Å²) in [5.41, 5.74) is 5.35. The third-order valence-electron chi connectivity index (χ3n) is 3.25. The fourth-order valence-corrected chi connectivity index (χ4v) is 2.27. The van der Waals surface area contributed by atoms with Gasteiger partial charge in [-0.25, -0.2) is 4.79 Å². The largest absolute Gasteiger partial charge is 0.505 e. The fraction of sp³-hybridized carbons (Fsp3) is 0.0714. The number of nitrogens with zero attached hydrogens (tertiary/aromatic N) is 2. The molecule has 1 heterocycles. The molecule has 1 aliphatic rings. The van der Waals surface area contributed by atoms with Gasteiger partial charge in [-0.15, -0.1) is 0 Å². The number of carbonyl (C=O) groups excluding carboxylic acids is 1. The topological polar surface area (TPSA) is 128 Å². The number of carbonyl (C=O) groups is 1. The molecule has 3 rings (SSSR count). The van der Waals surface area contributed by atoms with Crippen LogP contribution in [0, 0.1) is 10.1 Å². The number of aromatic hydroxyl groups is 1. The number of para-hydroxylation sites is 1. The second-order valence-corrected chi connectivity index (χ2v) is 4.61. The highest BCUT2D eigenvalue weighted by Gasteiger charge is 2.27. The maximum absolute atomic E-state index is 11.9. The van der Waals surface area contributed by atoms with Gasteiger partial charge in [0.05, 0.1) is 22.4 Å². The number of anilines is 2. The molecule has 0 radical (unpaired) electrons. The van der Waals surface area contributed by atoms with Crippen molar-refractivity contribution in [2.75, 3.05) is 11.7 Å². The molecule has 2 amide bonds. The van der Waals surface area contributed by atoms with E-state index in [4.69, 9.17) is 15.2 Å². The number of amides is 2. The first-order valence-corrected chi connectivity index (χ1v) is 6.44. The second-order valence-electron chi connectivity index (χ2n) is 4.61. The van der Waals surface area contributed by atoms with Gasteiger partial charge in [0.1, 0.15) is 5.75 Å². The quantitative estimate of drug-likeness (QED) is 0.660. The number of non-ortho nitro benzene ring substituents is 1. The van der Waals surface area contributed by atoms with E-state index in [2.05, 4.69) is 0 Å². The first-order valence-electron chi connectivity index (χ1n) is 6.44. The lowest BCUT2D eigenvalue weighted by atomic mass is 10.2. The minimum Gasteiger partial charge on any atom is -0.505 e. The van der Waals surface area contributed by atoms with Gasteiger partial charge in [-0.2, -0.15) is 0 Å². The Morgan fingerprint density at radius 3 is 2.70 bits per heavy atom. The fourth-order valence-electron chi connectivity index (χ4n) is 2.27. The molecule has 118 valence electrons. The maximum atomic E-state index is 11.9. The Bertz CT molecular complexity index is 807. The van der Waals surface area contributed by atoms with Crippen molar-refractivity contribution in [2.24, 2.45) is 5.73 Å². The summed E-state index contributed by atoms with van der Waals surface area (Å²) in [6.07, 6.45) is 0. The van der Waals surface area contributed by atoms with E-state index >= 15 is 0 Å². The van der Waals surface area contributed by atoms with Crippen molar-refractivity contribution in [1.82, 2.24) is 0 Å². The van der Waals surface area contributed by atoms with Crippen LogP contribution in [0.1, 0.15) is 0 Å². The Balaban J connectivity index is 2.13. The van der Waals surface area contributed by atoms with Gasteiger partial charge in [-0.3, -0.25) is 15.0 Å². The number of phenolic OH excluding ortho intramolecular Hbond substituents is 1. The van der Waals surface area contributed by atoms with Crippen molar-refractivity contribution in [3.63, 3.8) is 0 Å². The molecule has 0 aliphatic carbocycles. The van der Waals surface area contributed by atoms with Gasteiger partial charge >= 0.3 is 6.03 Å². The number of rotatable bonds is 3. The smallest absolute Gasteiger partial charge is 0.324 e. The molecule has 2 aromatic rings. The van der Waals surface area contributed by atoms with Crippen LogP contribution in [0.25, 0.3) is 0 Å². The molecule has 3 N–H and O–H groups in total. The Morgan fingerprint density at radius 1 is 1.26 bits per heavy atom. The van der Waals surface area contributed by atoms with E-state index in [1.807, 2.05) is 0 Å². The second kappa shape index (κ2) is 5.37. The Labute approximate surface area is 129 Å². The normalized spacial score (nSPS) is 12.0. The number of hydrogen-bond acceptors (Lipinski definition) is 6. The Kier molecular flexibility index (Phi) is 3.37. The molecule has 9 heteroatoms. The average molecular weight is 317 g/mol. The number of hydrogen-bond donors (Lipinski definition) is 2. The average Bonchev–Trinajstić information content (AvgIpc) is 2.98. The number of urea groups is 1. The van der Waals surface area contributed by atoms with Crippen LogP contribution in [-0.4, -0.2) is 22.9 Å². The molecule has 0 bridgehead atoms. The van der Waals surface area contributed by atoms with Crippen molar-refractivity contribution in [3.05, 3.63) is 46.5 Å². The Hall–Kier alpha value is -3.49. The third kappa shape index (κ3) is 2.44. The molecule has 23 heavy (non-hydrogen) atoms. The highest BCUT2D eigenvalue weighted by molar-refractivity contribution is 6.01. The lowest BCUT2D eigenvalue weighted by molar-refractivity contribution is -0.384. The van der Waals surface area contributed by atoms with Crippen LogP contribution in [0.5, 0.6) is 17.2 Å². The molecular weight excluding hydrogens is 306 g/mol. The summed E-state index contributed by atoms with van der Waals surface area (Å²) < 4.78 is 10.6. The number of phenols is 1. The zero-order chi connectivity index (χ0) is 16.6. The third-order valence-corrected chi connectivity index (χ3v) is 3.25. The number of primary amides is 1. The lowest BCUT2D eigenvalue weighted by Crippen LogP contribution is -2.31. The van der Waals surface area contributed by atoms with Crippen LogP contribution in [0.15, 0.2) is 36.4 Å². The van der Waals surface area contributed by atoms with Gasteiger partial charge < -0.3 is 20.3 Å². The van der Waals surface area contributed by atoms with Gasteiger partial charge in [0.25, 0.3) is 5.69 Å². The number of fused-ring (bicyclic) bond motifs is 1.